The summed E-state index contributed by atoms with van der Waals surface area (Å²) in [5.74, 6) is -7.23. The summed E-state index contributed by atoms with van der Waals surface area (Å²) in [6.07, 6.45) is -4.12. The maximum Gasteiger partial charge on any atom is 0.340 e. The van der Waals surface area contributed by atoms with Gasteiger partial charge in [-0.15, -0.1) is 0 Å². The molecule has 0 aliphatic rings. The Kier molecular flexibility index (Phi) is 5.03. The number of halogens is 4. The average molecular weight is 341 g/mol. The number of carbonyl (C=O) groups excluding carboxylic acids is 1. The summed E-state index contributed by atoms with van der Waals surface area (Å²) in [5.41, 5.74) is 1.65. The number of nitrogens with two attached hydrogens (primary N) is 1. The van der Waals surface area contributed by atoms with E-state index < -0.39 is 57.4 Å². The SMILES string of the molecule is NC(=O)c1c(OCC(F)(F)C(F)F)cc([N+](=O)[O-])cc1[N+](=O)[O-]. The zero-order chi connectivity index (χ0) is 17.9. The largest absolute Gasteiger partial charge is 0.486 e. The van der Waals surface area contributed by atoms with Crippen molar-refractivity contribution in [3.63, 3.8) is 0 Å². The molecule has 1 rings (SSSR count). The predicted molar refractivity (Wildman–Crippen MR) is 64.7 cm³/mol. The number of nitrogens with zero attached hydrogens (tertiary/aromatic N) is 2. The normalized spacial score (nSPS) is 11.3. The van der Waals surface area contributed by atoms with Crippen LogP contribution in [0, 0.1) is 20.2 Å². The molecule has 13 heteroatoms. The van der Waals surface area contributed by atoms with E-state index in [1.807, 2.05) is 0 Å². The number of amides is 1. The van der Waals surface area contributed by atoms with E-state index in [1.54, 1.807) is 0 Å². The summed E-state index contributed by atoms with van der Waals surface area (Å²) < 4.78 is 54.0. The van der Waals surface area contributed by atoms with Crippen LogP contribution in [-0.2, 0) is 0 Å². The molecule has 1 aromatic rings. The number of nitro benzene ring substituents is 2. The van der Waals surface area contributed by atoms with Crippen LogP contribution in [0.4, 0.5) is 28.9 Å². The van der Waals surface area contributed by atoms with Gasteiger partial charge in [0.1, 0.15) is 5.75 Å². The lowest BCUT2D eigenvalue weighted by atomic mass is 10.1. The van der Waals surface area contributed by atoms with E-state index in [1.165, 1.54) is 0 Å². The Morgan fingerprint density at radius 3 is 2.22 bits per heavy atom. The predicted octanol–water partition coefficient (Wildman–Crippen LogP) is 1.88. The molecule has 0 bridgehead atoms. The van der Waals surface area contributed by atoms with Crippen LogP contribution in [0.25, 0.3) is 0 Å². The number of non-ortho nitro benzene ring substituents is 1. The van der Waals surface area contributed by atoms with Gasteiger partial charge in [-0.1, -0.05) is 0 Å². The number of nitro groups is 2. The Hall–Kier alpha value is -2.99. The molecule has 0 saturated heterocycles. The molecule has 0 aromatic heterocycles. The molecule has 0 unspecified atom stereocenters. The minimum absolute atomic E-state index is 0.359. The number of rotatable bonds is 7. The molecule has 0 aliphatic carbocycles. The topological polar surface area (TPSA) is 139 Å². The van der Waals surface area contributed by atoms with Gasteiger partial charge in [-0.2, -0.15) is 8.78 Å². The second kappa shape index (κ2) is 6.41. The number of ether oxygens (including phenoxy) is 1. The summed E-state index contributed by atoms with van der Waals surface area (Å²) in [5, 5.41) is 21.5. The molecule has 0 saturated carbocycles. The van der Waals surface area contributed by atoms with Crippen LogP contribution in [0.3, 0.4) is 0 Å². The number of carbonyl (C=O) groups is 1. The molecule has 1 amide bonds. The van der Waals surface area contributed by atoms with Gasteiger partial charge >= 0.3 is 12.3 Å². The Labute approximate surface area is 123 Å². The number of primary amides is 1. The van der Waals surface area contributed by atoms with E-state index in [9.17, 15) is 42.6 Å². The molecule has 2 N–H and O–H groups in total. The Morgan fingerprint density at radius 2 is 1.83 bits per heavy atom. The molecule has 0 heterocycles. The molecule has 0 atom stereocenters. The molecule has 1 aromatic carbocycles. The Morgan fingerprint density at radius 1 is 1.26 bits per heavy atom. The highest BCUT2D eigenvalue weighted by atomic mass is 19.3. The van der Waals surface area contributed by atoms with Crippen molar-refractivity contribution in [1.29, 1.82) is 0 Å². The quantitative estimate of drug-likeness (QED) is 0.456. The van der Waals surface area contributed by atoms with Gasteiger partial charge in [0.15, 0.2) is 12.2 Å². The lowest BCUT2D eigenvalue weighted by Crippen LogP contribution is -2.34. The van der Waals surface area contributed by atoms with Crippen molar-refractivity contribution in [3.8, 4) is 5.75 Å². The van der Waals surface area contributed by atoms with Gasteiger partial charge in [0.25, 0.3) is 17.3 Å². The number of hydrogen-bond acceptors (Lipinski definition) is 6. The van der Waals surface area contributed by atoms with Crippen LogP contribution >= 0.6 is 0 Å². The van der Waals surface area contributed by atoms with E-state index in [2.05, 4.69) is 4.74 Å². The highest BCUT2D eigenvalue weighted by Crippen LogP contribution is 2.35. The fraction of sp³-hybridized carbons (Fsp3) is 0.300. The summed E-state index contributed by atoms with van der Waals surface area (Å²) in [4.78, 5) is 30.3. The van der Waals surface area contributed by atoms with E-state index >= 15 is 0 Å². The first-order valence-corrected chi connectivity index (χ1v) is 5.52. The fourth-order valence-electron chi connectivity index (χ4n) is 1.43. The van der Waals surface area contributed by atoms with Crippen LogP contribution in [-0.4, -0.2) is 34.7 Å². The zero-order valence-corrected chi connectivity index (χ0v) is 10.9. The van der Waals surface area contributed by atoms with E-state index in [-0.39, 0.29) is 0 Å². The summed E-state index contributed by atoms with van der Waals surface area (Å²) in [6, 6.07) is 0.757. The van der Waals surface area contributed by atoms with Crippen molar-refractivity contribution in [2.45, 2.75) is 12.3 Å². The summed E-state index contributed by atoms with van der Waals surface area (Å²) >= 11 is 0. The van der Waals surface area contributed by atoms with Crippen LogP contribution < -0.4 is 10.5 Å². The fourth-order valence-corrected chi connectivity index (χ4v) is 1.43. The van der Waals surface area contributed by atoms with Gasteiger partial charge in [0.2, 0.25) is 0 Å². The van der Waals surface area contributed by atoms with Crippen LogP contribution in [0.15, 0.2) is 12.1 Å². The minimum Gasteiger partial charge on any atom is -0.486 e. The smallest absolute Gasteiger partial charge is 0.340 e. The van der Waals surface area contributed by atoms with Gasteiger partial charge < -0.3 is 10.5 Å². The van der Waals surface area contributed by atoms with Crippen LogP contribution in [0.1, 0.15) is 10.4 Å². The third kappa shape index (κ3) is 4.02. The first-order chi connectivity index (χ1) is 10.5. The van der Waals surface area contributed by atoms with E-state index in [0.717, 1.165) is 0 Å². The molecule has 0 spiro atoms. The summed E-state index contributed by atoms with van der Waals surface area (Å²) in [7, 11) is 0. The molecule has 0 radical (unpaired) electrons. The van der Waals surface area contributed by atoms with Crippen molar-refractivity contribution in [3.05, 3.63) is 37.9 Å². The molecule has 0 fully saturated rings. The van der Waals surface area contributed by atoms with Gasteiger partial charge in [0, 0.05) is 0 Å². The first-order valence-electron chi connectivity index (χ1n) is 5.52. The molecule has 23 heavy (non-hydrogen) atoms. The summed E-state index contributed by atoms with van der Waals surface area (Å²) in [6.45, 7) is -1.97. The number of benzene rings is 1. The molecular weight excluding hydrogens is 334 g/mol. The second-order valence-corrected chi connectivity index (χ2v) is 4.07. The van der Waals surface area contributed by atoms with Gasteiger partial charge in [0.05, 0.1) is 22.0 Å². The van der Waals surface area contributed by atoms with Gasteiger partial charge in [-0.3, -0.25) is 25.0 Å². The standard InChI is InChI=1S/C10H7F4N3O6/c11-9(12)10(13,14)3-23-6-2-4(16(19)20)1-5(17(21)22)7(6)8(15)18/h1-2,9H,3H2,(H2,15,18). The molecule has 126 valence electrons. The van der Waals surface area contributed by atoms with Gasteiger partial charge in [-0.05, 0) is 0 Å². The van der Waals surface area contributed by atoms with Crippen LogP contribution in [0.5, 0.6) is 5.75 Å². The zero-order valence-electron chi connectivity index (χ0n) is 10.9. The highest BCUT2D eigenvalue weighted by Gasteiger charge is 2.42. The monoisotopic (exact) mass is 341 g/mol. The maximum atomic E-state index is 12.8. The Balaban J connectivity index is 3.41. The third-order valence-electron chi connectivity index (χ3n) is 2.46. The third-order valence-corrected chi connectivity index (χ3v) is 2.46. The lowest BCUT2D eigenvalue weighted by molar-refractivity contribution is -0.394. The molecular formula is C10H7F4N3O6. The van der Waals surface area contributed by atoms with Crippen molar-refractivity contribution in [1.82, 2.24) is 0 Å². The van der Waals surface area contributed by atoms with Crippen LogP contribution in [0.2, 0.25) is 0 Å². The van der Waals surface area contributed by atoms with Crippen molar-refractivity contribution < 1.29 is 36.9 Å². The number of hydrogen-bond donors (Lipinski definition) is 1. The van der Waals surface area contributed by atoms with Crippen molar-refractivity contribution >= 4 is 17.3 Å². The molecule has 0 aliphatic heterocycles. The molecule has 9 nitrogen and oxygen atoms in total. The van der Waals surface area contributed by atoms with E-state index in [0.29, 0.717) is 12.1 Å². The first kappa shape index (κ1) is 18.1. The highest BCUT2D eigenvalue weighted by molar-refractivity contribution is 6.00. The van der Waals surface area contributed by atoms with Crippen molar-refractivity contribution in [2.24, 2.45) is 5.73 Å². The van der Waals surface area contributed by atoms with Crippen molar-refractivity contribution in [2.75, 3.05) is 6.61 Å². The van der Waals surface area contributed by atoms with E-state index in [4.69, 9.17) is 5.73 Å². The van der Waals surface area contributed by atoms with Gasteiger partial charge in [-0.25, -0.2) is 8.78 Å². The second-order valence-electron chi connectivity index (χ2n) is 4.07. The number of alkyl halides is 4. The lowest BCUT2D eigenvalue weighted by Gasteiger charge is -2.17. The average Bonchev–Trinajstić information content (AvgIpc) is 2.43. The maximum absolute atomic E-state index is 12.8. The Bertz CT molecular complexity index is 666. The minimum atomic E-state index is -4.64.